The van der Waals surface area contributed by atoms with Crippen LogP contribution in [0.25, 0.3) is 0 Å². The third kappa shape index (κ3) is 8.78. The summed E-state index contributed by atoms with van der Waals surface area (Å²) in [6, 6.07) is 6.59. The van der Waals surface area contributed by atoms with E-state index in [1.54, 1.807) is 14.0 Å². The van der Waals surface area contributed by atoms with Gasteiger partial charge in [0.2, 0.25) is 17.7 Å². The maximum absolute atomic E-state index is 13.0. The molecule has 5 N–H and O–H groups in total. The fourth-order valence-electron chi connectivity index (χ4n) is 3.83. The van der Waals surface area contributed by atoms with Gasteiger partial charge in [-0.05, 0) is 56.2 Å². The van der Waals surface area contributed by atoms with Crippen LogP contribution >= 0.6 is 0 Å². The summed E-state index contributed by atoms with van der Waals surface area (Å²) in [6.45, 7) is 9.05. The lowest BCUT2D eigenvalue weighted by atomic mass is 9.88. The number of hydrogen-bond acceptors (Lipinski definition) is 5. The summed E-state index contributed by atoms with van der Waals surface area (Å²) in [4.78, 5) is 46.7. The van der Waals surface area contributed by atoms with Gasteiger partial charge < -0.3 is 26.4 Å². The molecule has 0 saturated heterocycles. The van der Waals surface area contributed by atoms with Crippen molar-refractivity contribution in [3.63, 3.8) is 0 Å². The Hall–Kier alpha value is -2.94. The van der Waals surface area contributed by atoms with Crippen LogP contribution in [0.15, 0.2) is 24.3 Å². The fraction of sp³-hybridized carbons (Fsp3) is 0.600. The van der Waals surface area contributed by atoms with Gasteiger partial charge in [0.15, 0.2) is 0 Å². The lowest BCUT2D eigenvalue weighted by Crippen LogP contribution is -2.59. The van der Waals surface area contributed by atoms with Crippen molar-refractivity contribution in [1.29, 1.82) is 0 Å². The highest BCUT2D eigenvalue weighted by Gasteiger charge is 2.32. The standard InChI is InChI=1S/C24H38N4O3.CH2O2/c1-14(2)20(28-24(31)21(15(3)4)27-22(29)16(5)25-6)23(30)26-19-12-11-17-9-7-8-10-18(17)13-19;2-1-3/h7-10,14-16,19-21,25H,11-13H2,1-6H3,(H,26,30)(H,27,29)(H,28,31);1H,(H,2,3)/t16-,19?,20-,21-;/m0./s1. The van der Waals surface area contributed by atoms with E-state index in [2.05, 4.69) is 33.4 Å². The van der Waals surface area contributed by atoms with Crippen LogP contribution in [0.3, 0.4) is 0 Å². The third-order valence-electron chi connectivity index (χ3n) is 6.01. The first-order chi connectivity index (χ1) is 16.0. The molecular weight excluding hydrogens is 436 g/mol. The number of amides is 3. The summed E-state index contributed by atoms with van der Waals surface area (Å²) in [7, 11) is 1.69. The predicted octanol–water partition coefficient (Wildman–Crippen LogP) is 1.25. The van der Waals surface area contributed by atoms with E-state index in [0.29, 0.717) is 0 Å². The Balaban J connectivity index is 0.00000182. The van der Waals surface area contributed by atoms with E-state index < -0.39 is 18.1 Å². The molecule has 34 heavy (non-hydrogen) atoms. The lowest BCUT2D eigenvalue weighted by Gasteiger charge is -2.30. The zero-order valence-corrected chi connectivity index (χ0v) is 21.1. The monoisotopic (exact) mass is 476 g/mol. The maximum atomic E-state index is 13.0. The number of fused-ring (bicyclic) bond motifs is 1. The molecule has 0 aromatic heterocycles. The van der Waals surface area contributed by atoms with Gasteiger partial charge in [0.1, 0.15) is 12.1 Å². The average Bonchev–Trinajstić information content (AvgIpc) is 2.79. The first-order valence-electron chi connectivity index (χ1n) is 11.8. The molecule has 4 atom stereocenters. The van der Waals surface area contributed by atoms with Gasteiger partial charge in [-0.2, -0.15) is 0 Å². The van der Waals surface area contributed by atoms with Gasteiger partial charge in [-0.25, -0.2) is 0 Å². The molecule has 2 rings (SSSR count). The van der Waals surface area contributed by atoms with E-state index in [9.17, 15) is 14.4 Å². The molecular formula is C25H40N4O5. The molecule has 1 aliphatic rings. The Kier molecular flexibility index (Phi) is 12.3. The molecule has 190 valence electrons. The normalized spacial score (nSPS) is 17.4. The van der Waals surface area contributed by atoms with Gasteiger partial charge in [0.25, 0.3) is 6.47 Å². The number of carboxylic acid groups (broad SMARTS) is 1. The second kappa shape index (κ2) is 14.3. The third-order valence-corrected chi connectivity index (χ3v) is 6.01. The smallest absolute Gasteiger partial charge is 0.290 e. The van der Waals surface area contributed by atoms with Crippen LogP contribution < -0.4 is 21.3 Å². The SMILES string of the molecule is CN[C@@H](C)C(=O)N[C@H](C(=O)N[C@H](C(=O)NC1CCc2ccccc2C1)C(C)C)C(C)C.O=CO. The number of benzene rings is 1. The summed E-state index contributed by atoms with van der Waals surface area (Å²) >= 11 is 0. The Morgan fingerprint density at radius 1 is 0.912 bits per heavy atom. The molecule has 0 heterocycles. The number of carbonyl (C=O) groups is 4. The average molecular weight is 477 g/mol. The van der Waals surface area contributed by atoms with Crippen molar-refractivity contribution in [2.24, 2.45) is 11.8 Å². The summed E-state index contributed by atoms with van der Waals surface area (Å²) in [5.41, 5.74) is 2.61. The minimum absolute atomic E-state index is 0.0534. The number of rotatable bonds is 9. The number of nitrogens with one attached hydrogen (secondary N) is 4. The largest absolute Gasteiger partial charge is 0.483 e. The van der Waals surface area contributed by atoms with E-state index in [1.807, 2.05) is 39.8 Å². The first-order valence-corrected chi connectivity index (χ1v) is 11.8. The second-order valence-corrected chi connectivity index (χ2v) is 9.29. The number of carbonyl (C=O) groups excluding carboxylic acids is 3. The van der Waals surface area contributed by atoms with Gasteiger partial charge in [-0.1, -0.05) is 52.0 Å². The van der Waals surface area contributed by atoms with E-state index in [1.165, 1.54) is 11.1 Å². The maximum Gasteiger partial charge on any atom is 0.290 e. The van der Waals surface area contributed by atoms with E-state index in [0.717, 1.165) is 19.3 Å². The van der Waals surface area contributed by atoms with Crippen molar-refractivity contribution in [3.8, 4) is 0 Å². The minimum atomic E-state index is -0.709. The Labute approximate surface area is 202 Å². The number of aryl methyl sites for hydroxylation is 1. The van der Waals surface area contributed by atoms with Crippen molar-refractivity contribution < 1.29 is 24.3 Å². The topological polar surface area (TPSA) is 137 Å². The molecule has 1 aliphatic carbocycles. The highest BCUT2D eigenvalue weighted by atomic mass is 16.3. The molecule has 1 aromatic rings. The molecule has 0 spiro atoms. The van der Waals surface area contributed by atoms with Crippen molar-refractivity contribution in [2.75, 3.05) is 7.05 Å². The molecule has 1 unspecified atom stereocenters. The van der Waals surface area contributed by atoms with E-state index in [4.69, 9.17) is 9.90 Å². The van der Waals surface area contributed by atoms with Crippen LogP contribution in [0.1, 0.15) is 52.2 Å². The van der Waals surface area contributed by atoms with Crippen LogP contribution in [0.4, 0.5) is 0 Å². The molecule has 1 aromatic carbocycles. The quantitative estimate of drug-likeness (QED) is 0.340. The highest BCUT2D eigenvalue weighted by molar-refractivity contribution is 5.93. The van der Waals surface area contributed by atoms with Crippen LogP contribution in [0.2, 0.25) is 0 Å². The van der Waals surface area contributed by atoms with Gasteiger partial charge in [0.05, 0.1) is 6.04 Å². The first kappa shape index (κ1) is 29.1. The zero-order valence-electron chi connectivity index (χ0n) is 21.1. The molecule has 0 radical (unpaired) electrons. The van der Waals surface area contributed by atoms with Crippen LogP contribution in [-0.2, 0) is 32.0 Å². The Morgan fingerprint density at radius 2 is 1.41 bits per heavy atom. The van der Waals surface area contributed by atoms with Gasteiger partial charge in [0, 0.05) is 6.04 Å². The van der Waals surface area contributed by atoms with E-state index >= 15 is 0 Å². The molecule has 0 fully saturated rings. The van der Waals surface area contributed by atoms with Crippen molar-refractivity contribution in [3.05, 3.63) is 35.4 Å². The summed E-state index contributed by atoms with van der Waals surface area (Å²) in [6.07, 6.45) is 2.62. The summed E-state index contributed by atoms with van der Waals surface area (Å²) in [5.74, 6) is -0.958. The van der Waals surface area contributed by atoms with Gasteiger partial charge in [-0.15, -0.1) is 0 Å². The zero-order chi connectivity index (χ0) is 25.8. The molecule has 0 bridgehead atoms. The highest BCUT2D eigenvalue weighted by Crippen LogP contribution is 2.21. The van der Waals surface area contributed by atoms with Crippen molar-refractivity contribution >= 4 is 24.2 Å². The molecule has 0 aliphatic heterocycles. The number of likely N-dealkylation sites (N-methyl/N-ethyl adjacent to an activating group) is 1. The number of hydrogen-bond donors (Lipinski definition) is 5. The van der Waals surface area contributed by atoms with Gasteiger partial charge >= 0.3 is 0 Å². The Bertz CT molecular complexity index is 827. The minimum Gasteiger partial charge on any atom is -0.483 e. The van der Waals surface area contributed by atoms with Gasteiger partial charge in [-0.3, -0.25) is 19.2 Å². The second-order valence-electron chi connectivity index (χ2n) is 9.29. The predicted molar refractivity (Wildman–Crippen MR) is 131 cm³/mol. The molecule has 9 heteroatoms. The molecule has 0 saturated carbocycles. The summed E-state index contributed by atoms with van der Waals surface area (Å²) < 4.78 is 0. The fourth-order valence-corrected chi connectivity index (χ4v) is 3.83. The molecule has 3 amide bonds. The van der Waals surface area contributed by atoms with Crippen LogP contribution in [0.5, 0.6) is 0 Å². The summed E-state index contributed by atoms with van der Waals surface area (Å²) in [5, 5.41) is 18.6. The van der Waals surface area contributed by atoms with Crippen LogP contribution in [-0.4, -0.2) is 60.5 Å². The van der Waals surface area contributed by atoms with Crippen molar-refractivity contribution in [2.45, 2.75) is 78.0 Å². The lowest BCUT2D eigenvalue weighted by molar-refractivity contribution is -0.134. The van der Waals surface area contributed by atoms with Crippen LogP contribution in [0, 0.1) is 11.8 Å². The Morgan fingerprint density at radius 3 is 1.94 bits per heavy atom. The van der Waals surface area contributed by atoms with E-state index in [-0.39, 0.29) is 42.1 Å². The van der Waals surface area contributed by atoms with Crippen molar-refractivity contribution in [1.82, 2.24) is 21.3 Å². The molecule has 9 nitrogen and oxygen atoms in total.